The number of nitrogens with one attached hydrogen (secondary N) is 1. The summed E-state index contributed by atoms with van der Waals surface area (Å²) in [7, 11) is 0. The molecule has 1 saturated heterocycles. The largest absolute Gasteiger partial charge is 0.393 e. The van der Waals surface area contributed by atoms with Gasteiger partial charge >= 0.3 is 0 Å². The summed E-state index contributed by atoms with van der Waals surface area (Å²) < 4.78 is 0. The van der Waals surface area contributed by atoms with E-state index in [0.717, 1.165) is 44.0 Å². The van der Waals surface area contributed by atoms with E-state index in [-0.39, 0.29) is 16.9 Å². The predicted octanol–water partition coefficient (Wildman–Crippen LogP) is 2.88. The van der Waals surface area contributed by atoms with Crippen LogP contribution in [0.25, 0.3) is 0 Å². The maximum Gasteiger partial charge on any atom is 0.292 e. The van der Waals surface area contributed by atoms with Crippen molar-refractivity contribution < 1.29 is 9.72 Å². The van der Waals surface area contributed by atoms with E-state index in [9.17, 15) is 14.9 Å². The third kappa shape index (κ3) is 4.23. The SMILES string of the molecule is CCN1CCN(c2ccc(NC(=O)c3ccc(N)c([N+](=O)[O-])c3)c(C)c2)CC1. The fraction of sp³-hybridized carbons (Fsp3) is 0.350. The van der Waals surface area contributed by atoms with Crippen molar-refractivity contribution in [3.8, 4) is 0 Å². The van der Waals surface area contributed by atoms with E-state index in [0.29, 0.717) is 5.69 Å². The molecule has 1 fully saturated rings. The smallest absolute Gasteiger partial charge is 0.292 e. The van der Waals surface area contributed by atoms with Crippen LogP contribution in [-0.4, -0.2) is 48.5 Å². The summed E-state index contributed by atoms with van der Waals surface area (Å²) in [5, 5.41) is 13.9. The molecule has 0 spiro atoms. The Morgan fingerprint density at radius 3 is 2.50 bits per heavy atom. The number of likely N-dealkylation sites (N-methyl/N-ethyl adjacent to an activating group) is 1. The van der Waals surface area contributed by atoms with Gasteiger partial charge in [-0.1, -0.05) is 6.92 Å². The molecule has 0 bridgehead atoms. The van der Waals surface area contributed by atoms with Gasteiger partial charge in [0, 0.05) is 49.2 Å². The zero-order chi connectivity index (χ0) is 20.3. The minimum absolute atomic E-state index is 0.0326. The molecule has 8 nitrogen and oxygen atoms in total. The number of nitrogens with two attached hydrogens (primary N) is 1. The van der Waals surface area contributed by atoms with Crippen LogP contribution in [0.15, 0.2) is 36.4 Å². The first kappa shape index (κ1) is 19.6. The summed E-state index contributed by atoms with van der Waals surface area (Å²) in [5.74, 6) is -0.407. The Bertz CT molecular complexity index is 891. The summed E-state index contributed by atoms with van der Waals surface area (Å²) in [5.41, 5.74) is 8.30. The van der Waals surface area contributed by atoms with Crippen LogP contribution < -0.4 is 16.0 Å². The number of anilines is 3. The van der Waals surface area contributed by atoms with Gasteiger partial charge in [-0.2, -0.15) is 0 Å². The third-order valence-corrected chi connectivity index (χ3v) is 5.13. The van der Waals surface area contributed by atoms with E-state index in [1.54, 1.807) is 0 Å². The molecule has 0 unspecified atom stereocenters. The second kappa shape index (κ2) is 8.26. The van der Waals surface area contributed by atoms with Gasteiger partial charge in [-0.3, -0.25) is 14.9 Å². The Kier molecular flexibility index (Phi) is 5.79. The van der Waals surface area contributed by atoms with Gasteiger partial charge in [0.15, 0.2) is 0 Å². The fourth-order valence-corrected chi connectivity index (χ4v) is 3.34. The second-order valence-corrected chi connectivity index (χ2v) is 6.91. The number of nitrogens with zero attached hydrogens (tertiary/aromatic N) is 3. The Balaban J connectivity index is 1.72. The molecule has 3 rings (SSSR count). The van der Waals surface area contributed by atoms with Crippen molar-refractivity contribution in [2.45, 2.75) is 13.8 Å². The minimum atomic E-state index is -0.593. The van der Waals surface area contributed by atoms with Gasteiger partial charge in [0.2, 0.25) is 0 Å². The molecule has 0 aromatic heterocycles. The third-order valence-electron chi connectivity index (χ3n) is 5.13. The molecule has 28 heavy (non-hydrogen) atoms. The monoisotopic (exact) mass is 383 g/mol. The number of benzene rings is 2. The molecule has 1 heterocycles. The van der Waals surface area contributed by atoms with Crippen LogP contribution in [0, 0.1) is 17.0 Å². The highest BCUT2D eigenvalue weighted by atomic mass is 16.6. The Morgan fingerprint density at radius 1 is 1.18 bits per heavy atom. The lowest BCUT2D eigenvalue weighted by Crippen LogP contribution is -2.46. The van der Waals surface area contributed by atoms with Crippen molar-refractivity contribution in [2.24, 2.45) is 0 Å². The summed E-state index contributed by atoms with van der Waals surface area (Å²) in [6.45, 7) is 9.23. The Morgan fingerprint density at radius 2 is 1.89 bits per heavy atom. The van der Waals surface area contributed by atoms with Gasteiger partial charge in [-0.15, -0.1) is 0 Å². The van der Waals surface area contributed by atoms with Gasteiger partial charge in [-0.25, -0.2) is 0 Å². The number of nitrogen functional groups attached to an aromatic ring is 1. The summed E-state index contributed by atoms with van der Waals surface area (Å²) in [6, 6.07) is 9.98. The number of piperazine rings is 1. The lowest BCUT2D eigenvalue weighted by Gasteiger charge is -2.35. The van der Waals surface area contributed by atoms with E-state index >= 15 is 0 Å². The molecule has 3 N–H and O–H groups in total. The van der Waals surface area contributed by atoms with Gasteiger partial charge in [0.05, 0.1) is 4.92 Å². The average molecular weight is 383 g/mol. The first-order chi connectivity index (χ1) is 13.4. The molecule has 0 radical (unpaired) electrons. The summed E-state index contributed by atoms with van der Waals surface area (Å²) in [6.07, 6.45) is 0. The number of aryl methyl sites for hydroxylation is 1. The molecular formula is C20H25N5O3. The van der Waals surface area contributed by atoms with Crippen molar-refractivity contribution in [2.75, 3.05) is 48.7 Å². The van der Waals surface area contributed by atoms with E-state index in [4.69, 9.17) is 5.73 Å². The first-order valence-electron chi connectivity index (χ1n) is 9.32. The van der Waals surface area contributed by atoms with E-state index in [1.807, 2.05) is 19.1 Å². The van der Waals surface area contributed by atoms with Crippen LogP contribution in [-0.2, 0) is 0 Å². The molecule has 148 valence electrons. The van der Waals surface area contributed by atoms with Gasteiger partial charge < -0.3 is 20.9 Å². The van der Waals surface area contributed by atoms with Crippen LogP contribution in [0.1, 0.15) is 22.8 Å². The van der Waals surface area contributed by atoms with E-state index < -0.39 is 10.8 Å². The van der Waals surface area contributed by atoms with Crippen LogP contribution in [0.3, 0.4) is 0 Å². The minimum Gasteiger partial charge on any atom is -0.393 e. The molecule has 1 amide bonds. The number of nitro benzene ring substituents is 1. The maximum absolute atomic E-state index is 12.5. The molecule has 2 aromatic carbocycles. The number of nitro groups is 1. The number of amides is 1. The normalized spacial score (nSPS) is 14.7. The van der Waals surface area contributed by atoms with Crippen LogP contribution >= 0.6 is 0 Å². The molecule has 8 heteroatoms. The van der Waals surface area contributed by atoms with Gasteiger partial charge in [0.1, 0.15) is 5.69 Å². The Labute approximate surface area is 164 Å². The van der Waals surface area contributed by atoms with Crippen molar-refractivity contribution in [1.82, 2.24) is 4.90 Å². The molecule has 0 aliphatic carbocycles. The number of carbonyl (C=O) groups excluding carboxylic acids is 1. The lowest BCUT2D eigenvalue weighted by molar-refractivity contribution is -0.383. The summed E-state index contributed by atoms with van der Waals surface area (Å²) >= 11 is 0. The Hall–Kier alpha value is -3.13. The van der Waals surface area contributed by atoms with Crippen molar-refractivity contribution in [1.29, 1.82) is 0 Å². The zero-order valence-electron chi connectivity index (χ0n) is 16.1. The fourth-order valence-electron chi connectivity index (χ4n) is 3.34. The van der Waals surface area contributed by atoms with Gasteiger partial charge in [-0.05, 0) is 49.4 Å². The first-order valence-corrected chi connectivity index (χ1v) is 9.32. The average Bonchev–Trinajstić information content (AvgIpc) is 2.69. The maximum atomic E-state index is 12.5. The van der Waals surface area contributed by atoms with Crippen LogP contribution in [0.4, 0.5) is 22.7 Å². The second-order valence-electron chi connectivity index (χ2n) is 6.91. The van der Waals surface area contributed by atoms with Gasteiger partial charge in [0.25, 0.3) is 11.6 Å². The highest BCUT2D eigenvalue weighted by Gasteiger charge is 2.18. The highest BCUT2D eigenvalue weighted by molar-refractivity contribution is 6.05. The van der Waals surface area contributed by atoms with E-state index in [2.05, 4.69) is 28.1 Å². The van der Waals surface area contributed by atoms with Crippen molar-refractivity contribution in [3.05, 3.63) is 57.6 Å². The summed E-state index contributed by atoms with van der Waals surface area (Å²) in [4.78, 5) is 27.7. The molecule has 1 aliphatic rings. The molecule has 0 saturated carbocycles. The quantitative estimate of drug-likeness (QED) is 0.467. The number of carbonyl (C=O) groups is 1. The zero-order valence-corrected chi connectivity index (χ0v) is 16.1. The van der Waals surface area contributed by atoms with Crippen molar-refractivity contribution >= 4 is 28.7 Å². The highest BCUT2D eigenvalue weighted by Crippen LogP contribution is 2.26. The number of hydrogen-bond donors (Lipinski definition) is 2. The van der Waals surface area contributed by atoms with Crippen LogP contribution in [0.5, 0.6) is 0 Å². The molecular weight excluding hydrogens is 358 g/mol. The standard InChI is InChI=1S/C20H25N5O3/c1-3-23-8-10-24(11-9-23)16-5-7-18(14(2)12-16)22-20(26)15-4-6-17(21)19(13-15)25(27)28/h4-7,12-13H,3,8-11,21H2,1-2H3,(H,22,26). The molecule has 2 aromatic rings. The number of hydrogen-bond acceptors (Lipinski definition) is 6. The lowest BCUT2D eigenvalue weighted by atomic mass is 10.1. The predicted molar refractivity (Wildman–Crippen MR) is 111 cm³/mol. The molecule has 0 atom stereocenters. The van der Waals surface area contributed by atoms with E-state index in [1.165, 1.54) is 18.2 Å². The van der Waals surface area contributed by atoms with Crippen molar-refractivity contribution in [3.63, 3.8) is 0 Å². The molecule has 1 aliphatic heterocycles. The topological polar surface area (TPSA) is 105 Å². The number of rotatable bonds is 5. The van der Waals surface area contributed by atoms with Crippen LogP contribution in [0.2, 0.25) is 0 Å².